The van der Waals surface area contributed by atoms with Crippen LogP contribution < -0.4 is 10.1 Å². The van der Waals surface area contributed by atoms with Gasteiger partial charge in [-0.15, -0.1) is 11.8 Å². The maximum Gasteiger partial charge on any atom is 0.316 e. The molecule has 0 bridgehead atoms. The van der Waals surface area contributed by atoms with Gasteiger partial charge in [-0.05, 0) is 43.2 Å². The monoisotopic (exact) mass is 373 g/mol. The van der Waals surface area contributed by atoms with Crippen LogP contribution >= 0.6 is 11.8 Å². The fourth-order valence-electron chi connectivity index (χ4n) is 2.28. The van der Waals surface area contributed by atoms with E-state index in [4.69, 9.17) is 9.47 Å². The summed E-state index contributed by atoms with van der Waals surface area (Å²) < 4.78 is 10.1. The third-order valence-electron chi connectivity index (χ3n) is 3.69. The Bertz CT molecular complexity index is 759. The summed E-state index contributed by atoms with van der Waals surface area (Å²) in [6, 6.07) is 13.5. The van der Waals surface area contributed by atoms with Crippen LogP contribution in [0.2, 0.25) is 0 Å². The first kappa shape index (κ1) is 19.8. The number of aryl methyl sites for hydroxylation is 2. The van der Waals surface area contributed by atoms with E-state index in [9.17, 15) is 9.59 Å². The minimum absolute atomic E-state index is 0.176. The Balaban J connectivity index is 1.68. The van der Waals surface area contributed by atoms with Crippen LogP contribution in [-0.4, -0.2) is 31.3 Å². The van der Waals surface area contributed by atoms with E-state index in [-0.39, 0.29) is 18.3 Å². The number of benzene rings is 2. The fraction of sp³-hybridized carbons (Fsp3) is 0.300. The highest BCUT2D eigenvalue weighted by Crippen LogP contribution is 2.23. The van der Waals surface area contributed by atoms with Crippen LogP contribution in [0.4, 0.5) is 0 Å². The molecule has 2 aromatic carbocycles. The first-order valence-corrected chi connectivity index (χ1v) is 9.22. The third-order valence-corrected chi connectivity index (χ3v) is 4.84. The molecule has 1 N–H and O–H groups in total. The Morgan fingerprint density at radius 3 is 2.46 bits per heavy atom. The molecule has 6 heteroatoms. The first-order chi connectivity index (χ1) is 12.5. The fourth-order valence-corrected chi connectivity index (χ4v) is 3.09. The molecule has 0 aliphatic heterocycles. The molecule has 0 radical (unpaired) electrons. The number of rotatable bonds is 8. The predicted molar refractivity (Wildman–Crippen MR) is 102 cm³/mol. The van der Waals surface area contributed by atoms with Gasteiger partial charge in [-0.25, -0.2) is 0 Å². The SMILES string of the molecule is COc1ccc(CNC(=O)COC(=O)CSc2ccc(C)cc2C)cc1. The topological polar surface area (TPSA) is 64.6 Å². The molecule has 0 spiro atoms. The lowest BCUT2D eigenvalue weighted by Gasteiger charge is -2.08. The van der Waals surface area contributed by atoms with E-state index in [1.54, 1.807) is 7.11 Å². The molecule has 0 fully saturated rings. The van der Waals surface area contributed by atoms with E-state index < -0.39 is 5.97 Å². The third kappa shape index (κ3) is 6.44. The zero-order chi connectivity index (χ0) is 18.9. The van der Waals surface area contributed by atoms with Crippen molar-refractivity contribution < 1.29 is 19.1 Å². The molecule has 0 saturated heterocycles. The number of methoxy groups -OCH3 is 1. The van der Waals surface area contributed by atoms with E-state index in [0.29, 0.717) is 6.54 Å². The van der Waals surface area contributed by atoms with Gasteiger partial charge in [-0.3, -0.25) is 9.59 Å². The average molecular weight is 373 g/mol. The molecule has 138 valence electrons. The molecular weight excluding hydrogens is 350 g/mol. The number of amides is 1. The molecule has 0 saturated carbocycles. The summed E-state index contributed by atoms with van der Waals surface area (Å²) in [5, 5.41) is 2.72. The quantitative estimate of drug-likeness (QED) is 0.568. The van der Waals surface area contributed by atoms with Gasteiger partial charge in [0.2, 0.25) is 0 Å². The zero-order valence-corrected chi connectivity index (χ0v) is 16.0. The Morgan fingerprint density at radius 2 is 1.81 bits per heavy atom. The van der Waals surface area contributed by atoms with Crippen molar-refractivity contribution in [1.29, 1.82) is 0 Å². The van der Waals surface area contributed by atoms with Crippen LogP contribution in [0.1, 0.15) is 16.7 Å². The molecule has 1 amide bonds. The summed E-state index contributed by atoms with van der Waals surface area (Å²) in [4.78, 5) is 24.6. The molecule has 2 aromatic rings. The van der Waals surface area contributed by atoms with Crippen molar-refractivity contribution in [3.63, 3.8) is 0 Å². The smallest absolute Gasteiger partial charge is 0.316 e. The number of esters is 1. The lowest BCUT2D eigenvalue weighted by Crippen LogP contribution is -2.28. The molecule has 0 atom stereocenters. The van der Waals surface area contributed by atoms with E-state index in [1.807, 2.05) is 50.2 Å². The predicted octanol–water partition coefficient (Wildman–Crippen LogP) is 3.26. The summed E-state index contributed by atoms with van der Waals surface area (Å²) in [6.45, 7) is 4.13. The van der Waals surface area contributed by atoms with Crippen molar-refractivity contribution in [3.05, 3.63) is 59.2 Å². The summed E-state index contributed by atoms with van der Waals surface area (Å²) in [5.41, 5.74) is 3.25. The molecular formula is C20H23NO4S. The van der Waals surface area contributed by atoms with Gasteiger partial charge in [0.05, 0.1) is 12.9 Å². The van der Waals surface area contributed by atoms with Gasteiger partial charge in [-0.2, -0.15) is 0 Å². The molecule has 0 aliphatic carbocycles. The first-order valence-electron chi connectivity index (χ1n) is 8.23. The van der Waals surface area contributed by atoms with E-state index in [2.05, 4.69) is 11.4 Å². The lowest BCUT2D eigenvalue weighted by atomic mass is 10.2. The minimum Gasteiger partial charge on any atom is -0.497 e. The number of thioether (sulfide) groups is 1. The van der Waals surface area contributed by atoms with E-state index in [0.717, 1.165) is 21.8 Å². The van der Waals surface area contributed by atoms with Crippen LogP contribution in [0.3, 0.4) is 0 Å². The second kappa shape index (κ2) is 9.87. The molecule has 0 aliphatic rings. The molecule has 0 aromatic heterocycles. The second-order valence-corrected chi connectivity index (χ2v) is 6.86. The van der Waals surface area contributed by atoms with Crippen LogP contribution in [-0.2, 0) is 20.9 Å². The highest BCUT2D eigenvalue weighted by atomic mass is 32.2. The highest BCUT2D eigenvalue weighted by Gasteiger charge is 2.09. The maximum absolute atomic E-state index is 11.8. The van der Waals surface area contributed by atoms with Crippen molar-refractivity contribution >= 4 is 23.6 Å². The Hall–Kier alpha value is -2.47. The summed E-state index contributed by atoms with van der Waals surface area (Å²) >= 11 is 1.41. The summed E-state index contributed by atoms with van der Waals surface area (Å²) in [6.07, 6.45) is 0. The number of hydrogen-bond donors (Lipinski definition) is 1. The Kier molecular flexibility index (Phi) is 7.53. The normalized spacial score (nSPS) is 10.3. The summed E-state index contributed by atoms with van der Waals surface area (Å²) in [5.74, 6) is 0.200. The Labute approximate surface area is 158 Å². The standard InChI is InChI=1S/C20H23NO4S/c1-14-4-9-18(15(2)10-14)26-13-20(23)25-12-19(22)21-11-16-5-7-17(24-3)8-6-16/h4-10H,11-13H2,1-3H3,(H,21,22). The number of carbonyl (C=O) groups is 2. The van der Waals surface area contributed by atoms with Gasteiger partial charge >= 0.3 is 5.97 Å². The maximum atomic E-state index is 11.8. The van der Waals surface area contributed by atoms with Gasteiger partial charge < -0.3 is 14.8 Å². The number of nitrogens with one attached hydrogen (secondary N) is 1. The molecule has 26 heavy (non-hydrogen) atoms. The highest BCUT2D eigenvalue weighted by molar-refractivity contribution is 8.00. The van der Waals surface area contributed by atoms with Gasteiger partial charge in [0.15, 0.2) is 6.61 Å². The largest absolute Gasteiger partial charge is 0.497 e. The van der Waals surface area contributed by atoms with Crippen molar-refractivity contribution in [3.8, 4) is 5.75 Å². The molecule has 0 unspecified atom stereocenters. The second-order valence-electron chi connectivity index (χ2n) is 5.84. The number of carbonyl (C=O) groups excluding carboxylic acids is 2. The van der Waals surface area contributed by atoms with Crippen LogP contribution in [0.5, 0.6) is 5.75 Å². The Morgan fingerprint density at radius 1 is 1.08 bits per heavy atom. The van der Waals surface area contributed by atoms with Gasteiger partial charge in [0, 0.05) is 11.4 Å². The van der Waals surface area contributed by atoms with Crippen molar-refractivity contribution in [2.24, 2.45) is 0 Å². The van der Waals surface area contributed by atoms with Crippen molar-refractivity contribution in [2.75, 3.05) is 19.5 Å². The van der Waals surface area contributed by atoms with Gasteiger partial charge in [0.1, 0.15) is 5.75 Å². The van der Waals surface area contributed by atoms with Crippen LogP contribution in [0.15, 0.2) is 47.4 Å². The zero-order valence-electron chi connectivity index (χ0n) is 15.2. The van der Waals surface area contributed by atoms with Crippen LogP contribution in [0, 0.1) is 13.8 Å². The van der Waals surface area contributed by atoms with Gasteiger partial charge in [0.25, 0.3) is 5.91 Å². The molecule has 0 heterocycles. The lowest BCUT2D eigenvalue weighted by molar-refractivity contribution is -0.145. The summed E-state index contributed by atoms with van der Waals surface area (Å²) in [7, 11) is 1.60. The van der Waals surface area contributed by atoms with Crippen molar-refractivity contribution in [1.82, 2.24) is 5.32 Å². The van der Waals surface area contributed by atoms with E-state index >= 15 is 0 Å². The number of ether oxygens (including phenoxy) is 2. The number of hydrogen-bond acceptors (Lipinski definition) is 5. The van der Waals surface area contributed by atoms with Crippen LogP contribution in [0.25, 0.3) is 0 Å². The minimum atomic E-state index is -0.408. The van der Waals surface area contributed by atoms with E-state index in [1.165, 1.54) is 17.3 Å². The van der Waals surface area contributed by atoms with Gasteiger partial charge in [-0.1, -0.05) is 29.8 Å². The van der Waals surface area contributed by atoms with Crippen molar-refractivity contribution in [2.45, 2.75) is 25.3 Å². The average Bonchev–Trinajstić information content (AvgIpc) is 2.64. The molecule has 2 rings (SSSR count). The molecule has 5 nitrogen and oxygen atoms in total.